The molecule has 0 aliphatic carbocycles. The summed E-state index contributed by atoms with van der Waals surface area (Å²) in [5.41, 5.74) is 2.65. The quantitative estimate of drug-likeness (QED) is 0.121. The Balaban J connectivity index is 1.36. The Morgan fingerprint density at radius 2 is 1.47 bits per heavy atom. The van der Waals surface area contributed by atoms with Gasteiger partial charge in [-0.05, 0) is 11.0 Å². The van der Waals surface area contributed by atoms with Crippen molar-refractivity contribution in [3.8, 4) is 5.75 Å². The van der Waals surface area contributed by atoms with Crippen molar-refractivity contribution in [3.05, 3.63) is 71.3 Å². The van der Waals surface area contributed by atoms with Crippen molar-refractivity contribution in [3.63, 3.8) is 0 Å². The number of ether oxygens (including phenoxy) is 1. The number of hydrogen-bond donors (Lipinski definition) is 0. The third-order valence-corrected chi connectivity index (χ3v) is 9.66. The van der Waals surface area contributed by atoms with Crippen molar-refractivity contribution < 1.29 is 14.3 Å². The van der Waals surface area contributed by atoms with Gasteiger partial charge >= 0.3 is 191 Å². The van der Waals surface area contributed by atoms with E-state index >= 15 is 0 Å². The van der Waals surface area contributed by atoms with Gasteiger partial charge in [0, 0.05) is 0 Å². The number of rotatable bonds is 13. The van der Waals surface area contributed by atoms with Crippen LogP contribution in [0.4, 0.5) is 0 Å². The fourth-order valence-corrected chi connectivity index (χ4v) is 7.20. The monoisotopic (exact) mass is 579 g/mol. The third kappa shape index (κ3) is 6.68. The molecule has 0 radical (unpaired) electrons. The summed E-state index contributed by atoms with van der Waals surface area (Å²) in [5.74, 6) is 0.422. The van der Waals surface area contributed by atoms with Crippen LogP contribution in [0.3, 0.4) is 0 Å². The number of carbonyl (C=O) groups is 2. The molecule has 4 nitrogen and oxygen atoms in total. The molecular weight excluding hydrogens is 537 g/mol. The first kappa shape index (κ1) is 28.4. The molecule has 0 atom stereocenters. The standard InChI is InChI=1S/C33H41NO3Se/c1-5-6-7-8-9-10-23-38-29-20-19-28-30-26(29)13-11-14-27(30)31(35)34(32(28)36)21-12-22-37-25-17-15-24(16-18-25)33(2,3)4/h11,13-20H,5-10,12,21-23H2,1-4H3. The Morgan fingerprint density at radius 1 is 0.789 bits per heavy atom. The number of carbonyl (C=O) groups excluding carboxylic acids is 2. The second-order valence-corrected chi connectivity index (χ2v) is 13.6. The van der Waals surface area contributed by atoms with Crippen LogP contribution in [0.1, 0.15) is 98.9 Å². The van der Waals surface area contributed by atoms with Gasteiger partial charge in [0.05, 0.1) is 0 Å². The first-order valence-corrected chi connectivity index (χ1v) is 16.2. The molecule has 0 bridgehead atoms. The Morgan fingerprint density at radius 3 is 2.18 bits per heavy atom. The minimum absolute atomic E-state index is 0.0995. The number of unbranched alkanes of at least 4 members (excludes halogenated alkanes) is 5. The van der Waals surface area contributed by atoms with Gasteiger partial charge < -0.3 is 0 Å². The van der Waals surface area contributed by atoms with E-state index in [2.05, 4.69) is 52.0 Å². The van der Waals surface area contributed by atoms with Crippen molar-refractivity contribution in [2.75, 3.05) is 13.2 Å². The molecule has 3 aromatic carbocycles. The van der Waals surface area contributed by atoms with Crippen LogP contribution >= 0.6 is 0 Å². The summed E-state index contributed by atoms with van der Waals surface area (Å²) in [6, 6.07) is 18.1. The first-order chi connectivity index (χ1) is 18.3. The summed E-state index contributed by atoms with van der Waals surface area (Å²) in [6.07, 6.45) is 8.39. The van der Waals surface area contributed by atoms with Crippen LogP contribution in [0, 0.1) is 0 Å². The Bertz CT molecular complexity index is 1240. The minimum atomic E-state index is -0.191. The second kappa shape index (κ2) is 13.0. The van der Waals surface area contributed by atoms with Crippen LogP contribution in [0.2, 0.25) is 5.32 Å². The first-order valence-electron chi connectivity index (χ1n) is 14.1. The number of imide groups is 1. The van der Waals surface area contributed by atoms with Gasteiger partial charge in [0.25, 0.3) is 0 Å². The molecule has 0 fully saturated rings. The molecule has 0 saturated carbocycles. The van der Waals surface area contributed by atoms with Crippen LogP contribution in [0.5, 0.6) is 5.75 Å². The van der Waals surface area contributed by atoms with E-state index in [1.807, 2.05) is 30.3 Å². The number of nitrogens with zero attached hydrogens (tertiary/aromatic N) is 1. The zero-order valence-electron chi connectivity index (χ0n) is 23.3. The van der Waals surface area contributed by atoms with Crippen LogP contribution in [-0.2, 0) is 5.41 Å². The van der Waals surface area contributed by atoms with Gasteiger partial charge in [0.2, 0.25) is 0 Å². The topological polar surface area (TPSA) is 46.6 Å². The van der Waals surface area contributed by atoms with E-state index in [1.165, 1.54) is 58.8 Å². The summed E-state index contributed by atoms with van der Waals surface area (Å²) in [5, 5.41) is 3.12. The molecule has 0 unspecified atom stereocenters. The SMILES string of the molecule is CCCCCCCC[Se]c1ccc2c3c(cccc13)C(=O)N(CCCOc1ccc(C(C)(C)C)cc1)C2=O. The summed E-state index contributed by atoms with van der Waals surface area (Å²) in [4.78, 5) is 28.1. The molecule has 0 aromatic heterocycles. The molecular formula is C33H41NO3Se. The van der Waals surface area contributed by atoms with E-state index in [9.17, 15) is 9.59 Å². The predicted molar refractivity (Wildman–Crippen MR) is 158 cm³/mol. The van der Waals surface area contributed by atoms with Gasteiger partial charge in [0.15, 0.2) is 0 Å². The van der Waals surface area contributed by atoms with Gasteiger partial charge in [-0.15, -0.1) is 0 Å². The summed E-state index contributed by atoms with van der Waals surface area (Å²) < 4.78 is 7.20. The average Bonchev–Trinajstić information content (AvgIpc) is 2.90. The van der Waals surface area contributed by atoms with Gasteiger partial charge in [-0.2, -0.15) is 0 Å². The average molecular weight is 579 g/mol. The summed E-state index contributed by atoms with van der Waals surface area (Å²) >= 11 is 0.341. The Hall–Kier alpha value is -2.62. The number of amides is 2. The molecule has 3 aromatic rings. The number of hydrogen-bond acceptors (Lipinski definition) is 3. The van der Waals surface area contributed by atoms with Crippen molar-refractivity contribution in [2.24, 2.45) is 0 Å². The zero-order valence-corrected chi connectivity index (χ0v) is 25.1. The van der Waals surface area contributed by atoms with E-state index in [0.717, 1.165) is 16.5 Å². The molecule has 1 aliphatic heterocycles. The molecule has 5 heteroatoms. The van der Waals surface area contributed by atoms with E-state index in [0.29, 0.717) is 45.7 Å². The van der Waals surface area contributed by atoms with Gasteiger partial charge in [-0.25, -0.2) is 0 Å². The molecule has 4 rings (SSSR count). The van der Waals surface area contributed by atoms with E-state index in [1.54, 1.807) is 0 Å². The van der Waals surface area contributed by atoms with Crippen LogP contribution in [-0.4, -0.2) is 44.8 Å². The van der Waals surface area contributed by atoms with Crippen molar-refractivity contribution >= 4 is 42.0 Å². The van der Waals surface area contributed by atoms with Crippen molar-refractivity contribution in [1.82, 2.24) is 4.90 Å². The maximum atomic E-state index is 13.4. The second-order valence-electron chi connectivity index (χ2n) is 11.2. The third-order valence-electron chi connectivity index (χ3n) is 7.22. The van der Waals surface area contributed by atoms with Crippen molar-refractivity contribution in [2.45, 2.75) is 83.4 Å². The van der Waals surface area contributed by atoms with Gasteiger partial charge in [0.1, 0.15) is 0 Å². The Kier molecular flexibility index (Phi) is 9.68. The fraction of sp³-hybridized carbons (Fsp3) is 0.455. The maximum absolute atomic E-state index is 13.4. The predicted octanol–water partition coefficient (Wildman–Crippen LogP) is 7.31. The molecule has 0 saturated heterocycles. The number of benzene rings is 3. The molecule has 202 valence electrons. The van der Waals surface area contributed by atoms with Crippen LogP contribution in [0.15, 0.2) is 54.6 Å². The molecule has 0 N–H and O–H groups in total. The molecule has 38 heavy (non-hydrogen) atoms. The van der Waals surface area contributed by atoms with E-state index < -0.39 is 0 Å². The van der Waals surface area contributed by atoms with Gasteiger partial charge in [-0.1, -0.05) is 32.9 Å². The fourth-order valence-electron chi connectivity index (χ4n) is 4.98. The van der Waals surface area contributed by atoms with E-state index in [4.69, 9.17) is 4.74 Å². The molecule has 1 aliphatic rings. The summed E-state index contributed by atoms with van der Waals surface area (Å²) in [7, 11) is 0. The van der Waals surface area contributed by atoms with Crippen LogP contribution in [0.25, 0.3) is 10.8 Å². The molecule has 1 heterocycles. The normalized spacial score (nSPS) is 13.4. The molecule has 0 spiro atoms. The van der Waals surface area contributed by atoms with Crippen LogP contribution < -0.4 is 9.20 Å². The van der Waals surface area contributed by atoms with E-state index in [-0.39, 0.29) is 17.2 Å². The molecule has 2 amide bonds. The van der Waals surface area contributed by atoms with Gasteiger partial charge in [-0.3, -0.25) is 0 Å². The van der Waals surface area contributed by atoms with Crippen molar-refractivity contribution in [1.29, 1.82) is 0 Å². The Labute approximate surface area is 234 Å². The summed E-state index contributed by atoms with van der Waals surface area (Å²) in [6.45, 7) is 9.60. The zero-order chi connectivity index (χ0) is 27.1.